The van der Waals surface area contributed by atoms with E-state index >= 15 is 0 Å². The van der Waals surface area contributed by atoms with Gasteiger partial charge in [-0.2, -0.15) is 0 Å². The number of carbonyl (C=O) groups excluding carboxylic acids is 1. The lowest BCUT2D eigenvalue weighted by Crippen LogP contribution is -2.39. The average molecular weight is 395 g/mol. The zero-order valence-electron chi connectivity index (χ0n) is 17.2. The molecule has 0 radical (unpaired) electrons. The molecule has 0 unspecified atom stereocenters. The highest BCUT2D eigenvalue weighted by Crippen LogP contribution is 2.32. The van der Waals surface area contributed by atoms with E-state index in [1.165, 1.54) is 24.8 Å². The van der Waals surface area contributed by atoms with Crippen LogP contribution in [0.2, 0.25) is 0 Å². The summed E-state index contributed by atoms with van der Waals surface area (Å²) in [5, 5.41) is 0. The SMILES string of the molecule is COc1ccc(CN2CCC(CCCN3C(=O)COc4ccccc43)CC2)cc1. The molecule has 0 saturated carbocycles. The predicted molar refractivity (Wildman–Crippen MR) is 115 cm³/mol. The maximum Gasteiger partial charge on any atom is 0.265 e. The van der Waals surface area contributed by atoms with E-state index in [2.05, 4.69) is 17.0 Å². The van der Waals surface area contributed by atoms with Gasteiger partial charge in [0, 0.05) is 13.1 Å². The van der Waals surface area contributed by atoms with Crippen LogP contribution in [0.4, 0.5) is 5.69 Å². The van der Waals surface area contributed by atoms with Crippen LogP contribution in [0.25, 0.3) is 0 Å². The van der Waals surface area contributed by atoms with Crippen LogP contribution in [0.15, 0.2) is 48.5 Å². The van der Waals surface area contributed by atoms with E-state index < -0.39 is 0 Å². The lowest BCUT2D eigenvalue weighted by molar-refractivity contribution is -0.121. The van der Waals surface area contributed by atoms with Gasteiger partial charge < -0.3 is 14.4 Å². The summed E-state index contributed by atoms with van der Waals surface area (Å²) in [5.41, 5.74) is 2.26. The molecule has 4 rings (SSSR count). The number of rotatable bonds is 7. The van der Waals surface area contributed by atoms with Gasteiger partial charge in [-0.3, -0.25) is 9.69 Å². The Morgan fingerprint density at radius 3 is 2.59 bits per heavy atom. The van der Waals surface area contributed by atoms with E-state index in [1.54, 1.807) is 7.11 Å². The minimum absolute atomic E-state index is 0.0676. The molecule has 0 N–H and O–H groups in total. The number of likely N-dealkylation sites (tertiary alicyclic amines) is 1. The van der Waals surface area contributed by atoms with Gasteiger partial charge in [-0.05, 0) is 74.5 Å². The minimum atomic E-state index is 0.0676. The summed E-state index contributed by atoms with van der Waals surface area (Å²) in [7, 11) is 1.70. The van der Waals surface area contributed by atoms with Crippen molar-refractivity contribution in [2.24, 2.45) is 5.92 Å². The Labute approximate surface area is 173 Å². The number of ether oxygens (including phenoxy) is 2. The minimum Gasteiger partial charge on any atom is -0.497 e. The maximum atomic E-state index is 12.3. The van der Waals surface area contributed by atoms with Gasteiger partial charge in [0.25, 0.3) is 5.91 Å². The topological polar surface area (TPSA) is 42.0 Å². The van der Waals surface area contributed by atoms with Gasteiger partial charge in [0.05, 0.1) is 12.8 Å². The molecule has 1 saturated heterocycles. The van der Waals surface area contributed by atoms with Crippen LogP contribution in [0.3, 0.4) is 0 Å². The molecule has 2 aromatic carbocycles. The lowest BCUT2D eigenvalue weighted by atomic mass is 9.92. The first-order valence-corrected chi connectivity index (χ1v) is 10.6. The molecule has 1 fully saturated rings. The summed E-state index contributed by atoms with van der Waals surface area (Å²) in [4.78, 5) is 16.7. The van der Waals surface area contributed by atoms with Crippen LogP contribution >= 0.6 is 0 Å². The van der Waals surface area contributed by atoms with Crippen molar-refractivity contribution in [3.8, 4) is 11.5 Å². The maximum absolute atomic E-state index is 12.3. The second-order valence-electron chi connectivity index (χ2n) is 8.01. The Bertz CT molecular complexity index is 813. The Morgan fingerprint density at radius 2 is 1.83 bits per heavy atom. The predicted octanol–water partition coefficient (Wildman–Crippen LogP) is 4.11. The first kappa shape index (κ1) is 19.8. The van der Waals surface area contributed by atoms with Crippen molar-refractivity contribution >= 4 is 11.6 Å². The monoisotopic (exact) mass is 394 g/mol. The van der Waals surface area contributed by atoms with Crippen LogP contribution < -0.4 is 14.4 Å². The lowest BCUT2D eigenvalue weighted by Gasteiger charge is -2.33. The van der Waals surface area contributed by atoms with Gasteiger partial charge in [0.1, 0.15) is 11.5 Å². The van der Waals surface area contributed by atoms with Crippen molar-refractivity contribution in [2.75, 3.05) is 38.3 Å². The van der Waals surface area contributed by atoms with E-state index in [0.717, 1.165) is 55.7 Å². The molecule has 2 aliphatic rings. The molecule has 2 aliphatic heterocycles. The van der Waals surface area contributed by atoms with Crippen molar-refractivity contribution in [1.82, 2.24) is 4.90 Å². The number of para-hydroxylation sites is 2. The highest BCUT2D eigenvalue weighted by Gasteiger charge is 2.25. The summed E-state index contributed by atoms with van der Waals surface area (Å²) in [6.07, 6.45) is 4.71. The number of piperidine rings is 1. The molecule has 0 bridgehead atoms. The largest absolute Gasteiger partial charge is 0.497 e. The van der Waals surface area contributed by atoms with E-state index in [0.29, 0.717) is 0 Å². The Morgan fingerprint density at radius 1 is 1.07 bits per heavy atom. The molecule has 2 heterocycles. The molecular weight excluding hydrogens is 364 g/mol. The molecule has 5 nitrogen and oxygen atoms in total. The third kappa shape index (κ3) is 4.91. The van der Waals surface area contributed by atoms with Gasteiger partial charge in [0.2, 0.25) is 0 Å². The van der Waals surface area contributed by atoms with Crippen LogP contribution in [-0.2, 0) is 11.3 Å². The van der Waals surface area contributed by atoms with Crippen LogP contribution in [-0.4, -0.2) is 44.2 Å². The normalized spacial score (nSPS) is 17.7. The number of fused-ring (bicyclic) bond motifs is 1. The number of carbonyl (C=O) groups is 1. The van der Waals surface area contributed by atoms with Gasteiger partial charge >= 0.3 is 0 Å². The van der Waals surface area contributed by atoms with Gasteiger partial charge in [-0.25, -0.2) is 0 Å². The number of nitrogens with zero attached hydrogens (tertiary/aromatic N) is 2. The molecule has 2 aromatic rings. The first-order valence-electron chi connectivity index (χ1n) is 10.6. The van der Waals surface area contributed by atoms with Gasteiger partial charge in [-0.15, -0.1) is 0 Å². The zero-order chi connectivity index (χ0) is 20.1. The first-order chi connectivity index (χ1) is 14.2. The fraction of sp³-hybridized carbons (Fsp3) is 0.458. The Hall–Kier alpha value is -2.53. The highest BCUT2D eigenvalue weighted by atomic mass is 16.5. The highest BCUT2D eigenvalue weighted by molar-refractivity contribution is 5.97. The van der Waals surface area contributed by atoms with Crippen molar-refractivity contribution in [3.63, 3.8) is 0 Å². The van der Waals surface area contributed by atoms with Crippen LogP contribution in [0.5, 0.6) is 11.5 Å². The number of benzene rings is 2. The number of anilines is 1. The number of amides is 1. The van der Waals surface area contributed by atoms with E-state index in [-0.39, 0.29) is 12.5 Å². The second kappa shape index (κ2) is 9.31. The third-order valence-corrected chi connectivity index (χ3v) is 6.07. The number of hydrogen-bond donors (Lipinski definition) is 0. The quantitative estimate of drug-likeness (QED) is 0.709. The molecule has 154 valence electrons. The summed E-state index contributed by atoms with van der Waals surface area (Å²) in [5.74, 6) is 2.55. The fourth-order valence-corrected chi connectivity index (χ4v) is 4.36. The molecule has 0 aliphatic carbocycles. The molecule has 5 heteroatoms. The Kier molecular flexibility index (Phi) is 6.35. The summed E-state index contributed by atoms with van der Waals surface area (Å²) < 4.78 is 10.8. The molecule has 0 spiro atoms. The number of methoxy groups -OCH3 is 1. The number of hydrogen-bond acceptors (Lipinski definition) is 4. The summed E-state index contributed by atoms with van der Waals surface area (Å²) in [6.45, 7) is 4.24. The average Bonchev–Trinajstić information content (AvgIpc) is 2.77. The van der Waals surface area contributed by atoms with Crippen molar-refractivity contribution in [2.45, 2.75) is 32.2 Å². The van der Waals surface area contributed by atoms with Crippen molar-refractivity contribution in [1.29, 1.82) is 0 Å². The van der Waals surface area contributed by atoms with Crippen LogP contribution in [0.1, 0.15) is 31.2 Å². The van der Waals surface area contributed by atoms with Crippen molar-refractivity contribution < 1.29 is 14.3 Å². The third-order valence-electron chi connectivity index (χ3n) is 6.07. The smallest absolute Gasteiger partial charge is 0.265 e. The molecular formula is C24H30N2O3. The molecule has 1 amide bonds. The van der Waals surface area contributed by atoms with E-state index in [1.807, 2.05) is 41.3 Å². The second-order valence-corrected chi connectivity index (χ2v) is 8.01. The zero-order valence-corrected chi connectivity index (χ0v) is 17.2. The molecule has 29 heavy (non-hydrogen) atoms. The Balaban J connectivity index is 1.21. The summed E-state index contributed by atoms with van der Waals surface area (Å²) in [6, 6.07) is 16.2. The van der Waals surface area contributed by atoms with E-state index in [4.69, 9.17) is 9.47 Å². The fourth-order valence-electron chi connectivity index (χ4n) is 4.36. The molecule has 0 aromatic heterocycles. The standard InChI is InChI=1S/C24H30N2O3/c1-28-21-10-8-20(9-11-21)17-25-15-12-19(13-16-25)5-4-14-26-22-6-2-3-7-23(22)29-18-24(26)27/h2-3,6-11,19H,4-5,12-18H2,1H3. The van der Waals surface area contributed by atoms with Crippen LogP contribution in [0, 0.1) is 5.92 Å². The van der Waals surface area contributed by atoms with Gasteiger partial charge in [-0.1, -0.05) is 24.3 Å². The molecule has 0 atom stereocenters. The van der Waals surface area contributed by atoms with Crippen molar-refractivity contribution in [3.05, 3.63) is 54.1 Å². The van der Waals surface area contributed by atoms with E-state index in [9.17, 15) is 4.79 Å². The summed E-state index contributed by atoms with van der Waals surface area (Å²) >= 11 is 0. The van der Waals surface area contributed by atoms with Gasteiger partial charge in [0.15, 0.2) is 6.61 Å².